The fraction of sp³-hybridized carbons (Fsp3) is 0.487. The van der Waals surface area contributed by atoms with Crippen LogP contribution in [0.5, 0.6) is 23.0 Å². The number of aryl methyl sites for hydroxylation is 1. The molecule has 4 aromatic carbocycles. The second-order valence-corrected chi connectivity index (χ2v) is 38.6. The molecule has 139 heavy (non-hydrogen) atoms. The number of ether oxygens (including phenoxy) is 7. The highest BCUT2D eigenvalue weighted by Gasteiger charge is 2.39. The molecule has 5 unspecified atom stereocenters. The molecule has 2 saturated heterocycles. The van der Waals surface area contributed by atoms with Crippen LogP contribution in [0.4, 0.5) is 0 Å². The van der Waals surface area contributed by atoms with Gasteiger partial charge in [0.1, 0.15) is 51.5 Å². The Bertz CT molecular complexity index is 5820. The van der Waals surface area contributed by atoms with Crippen LogP contribution in [0.3, 0.4) is 0 Å². The topological polar surface area (TPSA) is 398 Å². The molecule has 10 rings (SSSR count). The molecule has 0 bridgehead atoms. The van der Waals surface area contributed by atoms with E-state index in [1.807, 2.05) is 58.0 Å². The zero-order valence-electron chi connectivity index (χ0n) is 86.5. The van der Waals surface area contributed by atoms with Gasteiger partial charge in [0.15, 0.2) is 46.3 Å². The summed E-state index contributed by atoms with van der Waals surface area (Å²) in [6, 6.07) is 16.1. The molecule has 3 N–H and O–H groups in total. The Morgan fingerprint density at radius 2 is 0.799 bits per heavy atom. The number of fused-ring (bicyclic) bond motifs is 2. The van der Waals surface area contributed by atoms with Crippen molar-refractivity contribution in [2.45, 2.75) is 356 Å². The number of benzene rings is 4. The largest absolute Gasteiger partial charge is 0.493 e. The molecular formula is C113H144O26. The molecule has 752 valence electrons. The average Bonchev–Trinajstić information content (AvgIpc) is 1.42. The van der Waals surface area contributed by atoms with Crippen LogP contribution in [0, 0.1) is 20.8 Å². The van der Waals surface area contributed by atoms with Gasteiger partial charge in [-0.05, 0) is 296 Å². The summed E-state index contributed by atoms with van der Waals surface area (Å²) in [4.78, 5) is 188. The van der Waals surface area contributed by atoms with E-state index in [4.69, 9.17) is 33.2 Å². The second-order valence-electron chi connectivity index (χ2n) is 38.6. The summed E-state index contributed by atoms with van der Waals surface area (Å²) in [6.07, 6.45) is 15.1. The highest BCUT2D eigenvalue weighted by atomic mass is 16.6. The molecule has 4 aromatic rings. The first-order chi connectivity index (χ1) is 64.5. The molecule has 0 radical (unpaired) electrons. The Kier molecular flexibility index (Phi) is 43.5. The van der Waals surface area contributed by atoms with Crippen LogP contribution in [-0.4, -0.2) is 143 Å². The third kappa shape index (κ3) is 34.4. The molecule has 0 amide bonds. The summed E-state index contributed by atoms with van der Waals surface area (Å²) in [5.74, 6) is 1.21. The van der Waals surface area contributed by atoms with Gasteiger partial charge in [0.25, 0.3) is 0 Å². The number of hydrogen-bond acceptors (Lipinski definition) is 26. The van der Waals surface area contributed by atoms with E-state index in [2.05, 4.69) is 27.0 Å². The van der Waals surface area contributed by atoms with Gasteiger partial charge >= 0.3 is 29.8 Å². The van der Waals surface area contributed by atoms with Crippen molar-refractivity contribution in [1.29, 1.82) is 0 Å². The van der Waals surface area contributed by atoms with Crippen molar-refractivity contribution < 1.29 is 125 Å². The van der Waals surface area contributed by atoms with Crippen molar-refractivity contribution >= 4 is 104 Å². The van der Waals surface area contributed by atoms with E-state index in [0.717, 1.165) is 94.2 Å². The Morgan fingerprint density at radius 3 is 1.22 bits per heavy atom. The van der Waals surface area contributed by atoms with Crippen molar-refractivity contribution in [3.63, 3.8) is 0 Å². The lowest BCUT2D eigenvalue weighted by Gasteiger charge is -2.25. The van der Waals surface area contributed by atoms with Gasteiger partial charge < -0.3 is 62.9 Å². The van der Waals surface area contributed by atoms with Crippen LogP contribution < -0.4 is 18.9 Å². The van der Waals surface area contributed by atoms with Crippen molar-refractivity contribution in [3.8, 4) is 23.0 Å². The molecule has 4 aliphatic carbocycles. The number of aliphatic hydroxyl groups is 3. The first-order valence-corrected chi connectivity index (χ1v) is 47.4. The SMILES string of the molecule is C=C1CCC(C)(CCc2c(C)c(OC(C)=O)c3ccccc3c2OC(C)=O)O1.C=C1CCC(C)(CCc2cc(OC(C)=O)c(C)c(C)c2OC(C)=O)O1.CC(=O)CC/C(C)=C/CC1=CC(=O)C(C)=C(C)C1=O.CC(=O)CCC(C)(O)CCC1=C(C)C(=O)C(C)=C(C)C1=O.CC(=O)CCC(C)(O)CCC1=C(C)C(=O)c2ccccc2C1=O.CCOC(=O)CCC(C)(O)CCC1=C(C)C(=O)C(C)=C(C)C1=O. The minimum Gasteiger partial charge on any atom is -0.493 e. The normalized spacial score (nSPS) is 18.3. The minimum absolute atomic E-state index is 0.0264. The molecule has 2 heterocycles. The quantitative estimate of drug-likeness (QED) is 0.0169. The highest BCUT2D eigenvalue weighted by Crippen LogP contribution is 2.46. The minimum atomic E-state index is -1.09. The van der Waals surface area contributed by atoms with Crippen LogP contribution >= 0.6 is 0 Å². The number of allylic oxidation sites excluding steroid dienone is 18. The van der Waals surface area contributed by atoms with E-state index >= 15 is 0 Å². The smallest absolute Gasteiger partial charge is 0.308 e. The van der Waals surface area contributed by atoms with Crippen molar-refractivity contribution in [2.75, 3.05) is 6.61 Å². The molecule has 26 nitrogen and oxygen atoms in total. The van der Waals surface area contributed by atoms with Crippen molar-refractivity contribution in [1.82, 2.24) is 0 Å². The number of hydrogen-bond donors (Lipinski definition) is 3. The molecule has 0 spiro atoms. The molecule has 5 atom stereocenters. The standard InChI is InChI=1S/C23H26O5.C20H26O5.C19H22O4.C18H26O5.C17H24O4.C16H20O3/c1-14-10-12-23(5,28-14)13-11-18-15(2)21(26-16(3)24)19-8-6-7-9-20(19)22(18)27-17(4)25;1-12-7-9-20(6,25-12)10-8-17-11-18(23-15(4)21)13(2)14(3)19(17)24-16(5)22;1-12(20)8-10-19(3,23)11-9-14-13(2)17(21)15-6-4-5-7-16(15)18(14)22;1-6-23-15(19)8-10-18(5,22)9-7-14-13(4)16(20)11(2)12(3)17(14)21;1-10(18)6-8-17(5,21)9-7-14-13(4)15(19)11(2)12(3)16(14)20;1-10(5-7-11(2)17)6-8-14-9-15(18)12(3)13(4)16(14)19/h6-9H,1,10-13H2,2-5H3;11H,1,7-10H2,2-6H3;4-7,23H,8-11H2,1-3H3;22H,6-10H2,1-5H3;21H,6-9H2,1-5H3;6,9H,5,7-8H2,1-4H3/b;;;;;10-6+. The van der Waals surface area contributed by atoms with Gasteiger partial charge in [0.05, 0.1) is 34.9 Å². The predicted molar refractivity (Wildman–Crippen MR) is 532 cm³/mol. The van der Waals surface area contributed by atoms with E-state index in [0.29, 0.717) is 209 Å². The lowest BCUT2D eigenvalue weighted by Crippen LogP contribution is -2.28. The van der Waals surface area contributed by atoms with E-state index < -0.39 is 16.8 Å². The molecule has 26 heteroatoms. The zero-order valence-corrected chi connectivity index (χ0v) is 86.5. The fourth-order valence-electron chi connectivity index (χ4n) is 16.6. The number of esters is 5. The Morgan fingerprint density at radius 1 is 0.417 bits per heavy atom. The average molecular weight is 1920 g/mol. The summed E-state index contributed by atoms with van der Waals surface area (Å²) in [7, 11) is 0. The van der Waals surface area contributed by atoms with Crippen molar-refractivity contribution in [3.05, 3.63) is 208 Å². The molecule has 6 aliphatic rings. The molecule has 0 saturated carbocycles. The number of carbonyl (C=O) groups excluding carboxylic acids is 16. The van der Waals surface area contributed by atoms with Gasteiger partial charge in [0.2, 0.25) is 0 Å². The predicted octanol–water partition coefficient (Wildman–Crippen LogP) is 20.9. The van der Waals surface area contributed by atoms with E-state index in [1.54, 1.807) is 127 Å². The van der Waals surface area contributed by atoms with Gasteiger partial charge in [-0.1, -0.05) is 73.3 Å². The van der Waals surface area contributed by atoms with E-state index in [9.17, 15) is 92.0 Å². The van der Waals surface area contributed by atoms with E-state index in [1.165, 1.54) is 47.6 Å². The summed E-state index contributed by atoms with van der Waals surface area (Å²) >= 11 is 0. The summed E-state index contributed by atoms with van der Waals surface area (Å²) in [5, 5.41) is 32.5. The van der Waals surface area contributed by atoms with Crippen molar-refractivity contribution in [2.24, 2.45) is 0 Å². The summed E-state index contributed by atoms with van der Waals surface area (Å²) < 4.78 is 38.6. The first kappa shape index (κ1) is 117. The number of rotatable bonds is 34. The molecule has 2 aliphatic heterocycles. The number of carbonyl (C=O) groups is 16. The maximum atomic E-state index is 12.6. The van der Waals surface area contributed by atoms with Gasteiger partial charge in [0, 0.05) is 166 Å². The third-order valence-corrected chi connectivity index (χ3v) is 26.3. The van der Waals surface area contributed by atoms with Crippen LogP contribution in [0.1, 0.15) is 343 Å². The van der Waals surface area contributed by atoms with Gasteiger partial charge in [-0.15, -0.1) is 0 Å². The monoisotopic (exact) mass is 1920 g/mol. The zero-order chi connectivity index (χ0) is 105. The van der Waals surface area contributed by atoms with E-state index in [-0.39, 0.29) is 118 Å². The van der Waals surface area contributed by atoms with Gasteiger partial charge in [-0.2, -0.15) is 0 Å². The maximum Gasteiger partial charge on any atom is 0.308 e. The lowest BCUT2D eigenvalue weighted by atomic mass is 9.81. The Labute approximate surface area is 818 Å². The lowest BCUT2D eigenvalue weighted by molar-refractivity contribution is -0.144. The molecular weight excluding hydrogens is 1770 g/mol. The van der Waals surface area contributed by atoms with Crippen LogP contribution in [0.15, 0.2) is 169 Å². The highest BCUT2D eigenvalue weighted by molar-refractivity contribution is 6.28. The van der Waals surface area contributed by atoms with Crippen LogP contribution in [0.2, 0.25) is 0 Å². The number of ketones is 11. The Hall–Kier alpha value is -12.3. The Balaban J connectivity index is 0.000000295. The third-order valence-electron chi connectivity index (χ3n) is 26.3. The summed E-state index contributed by atoms with van der Waals surface area (Å²) in [6.45, 7) is 51.5. The summed E-state index contributed by atoms with van der Waals surface area (Å²) in [5.41, 5.74) is 8.70. The molecule has 2 fully saturated rings. The molecule has 0 aromatic heterocycles. The fourth-order valence-corrected chi connectivity index (χ4v) is 16.6. The second kappa shape index (κ2) is 51.6. The number of Topliss-reactive ketones (excluding diaryl/α,β-unsaturated/α-hetero) is 10. The van der Waals surface area contributed by atoms with Crippen LogP contribution in [0.25, 0.3) is 10.8 Å². The maximum absolute atomic E-state index is 12.6. The van der Waals surface area contributed by atoms with Crippen LogP contribution in [-0.2, 0) is 94.2 Å². The first-order valence-electron chi connectivity index (χ1n) is 47.4. The van der Waals surface area contributed by atoms with Gasteiger partial charge in [-0.25, -0.2) is 0 Å². The van der Waals surface area contributed by atoms with Gasteiger partial charge in [-0.3, -0.25) is 62.3 Å².